The number of hydrogen-bond donors (Lipinski definition) is 0. The molecule has 2 heteroatoms. The van der Waals surface area contributed by atoms with E-state index >= 15 is 0 Å². The van der Waals surface area contributed by atoms with Gasteiger partial charge in [-0.2, -0.15) is 0 Å². The normalized spacial score (nSPS) is 12.6. The van der Waals surface area contributed by atoms with Gasteiger partial charge in [0.15, 0.2) is 5.90 Å². The van der Waals surface area contributed by atoms with Crippen molar-refractivity contribution in [2.45, 2.75) is 20.8 Å². The molecular formula is C10H15NO. The first kappa shape index (κ1) is 10.7. The summed E-state index contributed by atoms with van der Waals surface area (Å²) in [6, 6.07) is 0. The van der Waals surface area contributed by atoms with Crippen molar-refractivity contribution in [1.29, 1.82) is 0 Å². The lowest BCUT2D eigenvalue weighted by Gasteiger charge is -2.03. The van der Waals surface area contributed by atoms with E-state index in [4.69, 9.17) is 4.74 Å². The van der Waals surface area contributed by atoms with Crippen LogP contribution in [0.4, 0.5) is 0 Å². The summed E-state index contributed by atoms with van der Waals surface area (Å²) in [5, 5.41) is 0. The van der Waals surface area contributed by atoms with Crippen LogP contribution >= 0.6 is 0 Å². The molecule has 0 rings (SSSR count). The Hall–Kier alpha value is -1.31. The van der Waals surface area contributed by atoms with Gasteiger partial charge in [-0.05, 0) is 19.9 Å². The van der Waals surface area contributed by atoms with Crippen molar-refractivity contribution in [3.63, 3.8) is 0 Å². The van der Waals surface area contributed by atoms with Crippen LogP contribution in [0.1, 0.15) is 20.8 Å². The highest BCUT2D eigenvalue weighted by atomic mass is 16.5. The van der Waals surface area contributed by atoms with Crippen LogP contribution in [0.3, 0.4) is 0 Å². The maximum atomic E-state index is 5.28. The van der Waals surface area contributed by atoms with Crippen LogP contribution in [0.15, 0.2) is 41.8 Å². The van der Waals surface area contributed by atoms with E-state index in [9.17, 15) is 0 Å². The van der Waals surface area contributed by atoms with E-state index in [0.29, 0.717) is 5.90 Å². The summed E-state index contributed by atoms with van der Waals surface area (Å²) in [5.74, 6) is 1.37. The van der Waals surface area contributed by atoms with Crippen LogP contribution in [0.25, 0.3) is 0 Å². The van der Waals surface area contributed by atoms with Gasteiger partial charge in [0, 0.05) is 12.6 Å². The second-order valence-electron chi connectivity index (χ2n) is 2.48. The molecule has 0 amide bonds. The number of nitrogens with zero attached hydrogens (tertiary/aromatic N) is 1. The minimum Gasteiger partial charge on any atom is -0.448 e. The highest BCUT2D eigenvalue weighted by Crippen LogP contribution is 1.99. The fraction of sp³-hybridized carbons (Fsp3) is 0.300. The molecule has 0 unspecified atom stereocenters. The van der Waals surface area contributed by atoms with Crippen LogP contribution in [0.2, 0.25) is 0 Å². The van der Waals surface area contributed by atoms with E-state index in [0.717, 1.165) is 11.5 Å². The Kier molecular flexibility index (Phi) is 4.77. The molecule has 0 aromatic rings. The molecule has 0 spiro atoms. The topological polar surface area (TPSA) is 21.6 Å². The van der Waals surface area contributed by atoms with Crippen molar-refractivity contribution in [3.05, 3.63) is 36.8 Å². The number of rotatable bonds is 3. The maximum Gasteiger partial charge on any atom is 0.191 e. The summed E-state index contributed by atoms with van der Waals surface area (Å²) in [7, 11) is 0. The molecule has 12 heavy (non-hydrogen) atoms. The molecule has 66 valence electrons. The lowest BCUT2D eigenvalue weighted by Crippen LogP contribution is -1.97. The highest BCUT2D eigenvalue weighted by Gasteiger charge is 1.92. The molecule has 0 aromatic carbocycles. The van der Waals surface area contributed by atoms with Crippen LogP contribution < -0.4 is 0 Å². The Balaban J connectivity index is 4.17. The van der Waals surface area contributed by atoms with E-state index in [2.05, 4.69) is 18.2 Å². The molecule has 0 N–H and O–H groups in total. The summed E-state index contributed by atoms with van der Waals surface area (Å²) in [5.41, 5.74) is 0.735. The van der Waals surface area contributed by atoms with Gasteiger partial charge < -0.3 is 4.74 Å². The largest absolute Gasteiger partial charge is 0.448 e. The Morgan fingerprint density at radius 2 is 1.92 bits per heavy atom. The van der Waals surface area contributed by atoms with E-state index in [-0.39, 0.29) is 0 Å². The van der Waals surface area contributed by atoms with Gasteiger partial charge in [-0.25, -0.2) is 4.99 Å². The van der Waals surface area contributed by atoms with Gasteiger partial charge in [-0.1, -0.05) is 19.2 Å². The molecular weight excluding hydrogens is 150 g/mol. The first-order valence-electron chi connectivity index (χ1n) is 3.74. The van der Waals surface area contributed by atoms with Crippen molar-refractivity contribution in [3.8, 4) is 0 Å². The third kappa shape index (κ3) is 5.47. The SMILES string of the molecule is C=C/C=C(\C)OC(C)=NC(=C)C. The van der Waals surface area contributed by atoms with E-state index in [1.165, 1.54) is 0 Å². The molecule has 0 heterocycles. The first-order chi connectivity index (χ1) is 5.56. The van der Waals surface area contributed by atoms with E-state index in [1.807, 2.05) is 13.8 Å². The smallest absolute Gasteiger partial charge is 0.191 e. The molecule has 0 aliphatic rings. The molecule has 0 fully saturated rings. The number of hydrogen-bond acceptors (Lipinski definition) is 2. The van der Waals surface area contributed by atoms with Crippen molar-refractivity contribution in [2.75, 3.05) is 0 Å². The Morgan fingerprint density at radius 3 is 2.33 bits per heavy atom. The molecule has 0 saturated heterocycles. The fourth-order valence-corrected chi connectivity index (χ4v) is 0.725. The lowest BCUT2D eigenvalue weighted by atomic mass is 10.5. The summed E-state index contributed by atoms with van der Waals surface area (Å²) in [4.78, 5) is 4.02. The minimum absolute atomic E-state index is 0.595. The van der Waals surface area contributed by atoms with Crippen molar-refractivity contribution < 1.29 is 4.74 Å². The molecule has 0 atom stereocenters. The van der Waals surface area contributed by atoms with Crippen molar-refractivity contribution in [2.24, 2.45) is 4.99 Å². The van der Waals surface area contributed by atoms with Gasteiger partial charge in [-0.3, -0.25) is 0 Å². The summed E-state index contributed by atoms with van der Waals surface area (Å²) >= 11 is 0. The van der Waals surface area contributed by atoms with Crippen LogP contribution in [-0.4, -0.2) is 5.90 Å². The lowest BCUT2D eigenvalue weighted by molar-refractivity contribution is 0.413. The Morgan fingerprint density at radius 1 is 1.33 bits per heavy atom. The standard InChI is InChI=1S/C10H15NO/c1-6-7-9(4)12-10(5)11-8(2)3/h6-7H,1-2H2,3-5H3/b9-7+,11-10?. The van der Waals surface area contributed by atoms with Crippen molar-refractivity contribution >= 4 is 5.90 Å². The third-order valence-corrected chi connectivity index (χ3v) is 1.01. The average Bonchev–Trinajstić information content (AvgIpc) is 1.84. The number of aliphatic imine (C=N–C) groups is 1. The number of allylic oxidation sites excluding steroid dienone is 4. The predicted octanol–water partition coefficient (Wildman–Crippen LogP) is 3.04. The first-order valence-corrected chi connectivity index (χ1v) is 3.74. The number of ether oxygens (including phenoxy) is 1. The zero-order chi connectivity index (χ0) is 9.56. The molecule has 0 aliphatic carbocycles. The quantitative estimate of drug-likeness (QED) is 0.272. The van der Waals surface area contributed by atoms with Crippen LogP contribution in [0.5, 0.6) is 0 Å². The van der Waals surface area contributed by atoms with Crippen LogP contribution in [-0.2, 0) is 4.74 Å². The van der Waals surface area contributed by atoms with Gasteiger partial charge >= 0.3 is 0 Å². The van der Waals surface area contributed by atoms with Gasteiger partial charge in [0.25, 0.3) is 0 Å². The monoisotopic (exact) mass is 165 g/mol. The molecule has 0 saturated carbocycles. The van der Waals surface area contributed by atoms with Gasteiger partial charge in [0.2, 0.25) is 0 Å². The second-order valence-corrected chi connectivity index (χ2v) is 2.48. The van der Waals surface area contributed by atoms with Gasteiger partial charge in [0.05, 0.1) is 0 Å². The third-order valence-electron chi connectivity index (χ3n) is 1.01. The summed E-state index contributed by atoms with van der Waals surface area (Å²) < 4.78 is 5.28. The second kappa shape index (κ2) is 5.35. The summed E-state index contributed by atoms with van der Waals surface area (Å²) in [6.45, 7) is 12.6. The Labute approximate surface area is 74.0 Å². The predicted molar refractivity (Wildman–Crippen MR) is 53.0 cm³/mol. The minimum atomic E-state index is 0.595. The zero-order valence-electron chi connectivity index (χ0n) is 7.92. The molecule has 0 aliphatic heterocycles. The van der Waals surface area contributed by atoms with Crippen molar-refractivity contribution in [1.82, 2.24) is 0 Å². The molecule has 0 radical (unpaired) electrons. The van der Waals surface area contributed by atoms with Gasteiger partial charge in [-0.15, -0.1) is 0 Å². The fourth-order valence-electron chi connectivity index (χ4n) is 0.725. The summed E-state index contributed by atoms with van der Waals surface area (Å²) in [6.07, 6.45) is 3.45. The Bertz CT molecular complexity index is 236. The highest BCUT2D eigenvalue weighted by molar-refractivity contribution is 5.75. The van der Waals surface area contributed by atoms with E-state index < -0.39 is 0 Å². The van der Waals surface area contributed by atoms with E-state index in [1.54, 1.807) is 19.1 Å². The van der Waals surface area contributed by atoms with Crippen LogP contribution in [0, 0.1) is 0 Å². The molecule has 0 bridgehead atoms. The molecule has 0 aromatic heterocycles. The molecule has 2 nitrogen and oxygen atoms in total. The maximum absolute atomic E-state index is 5.28. The average molecular weight is 165 g/mol. The van der Waals surface area contributed by atoms with Gasteiger partial charge in [0.1, 0.15) is 5.76 Å². The zero-order valence-corrected chi connectivity index (χ0v) is 7.92.